The number of phenols is 2. The van der Waals surface area contributed by atoms with E-state index >= 15 is 0 Å². The van der Waals surface area contributed by atoms with E-state index in [0.29, 0.717) is 25.1 Å². The Labute approximate surface area is 285 Å². The van der Waals surface area contributed by atoms with Crippen molar-refractivity contribution in [1.82, 2.24) is 5.32 Å². The molecule has 3 aliphatic rings. The maximum absolute atomic E-state index is 13.9. The zero-order chi connectivity index (χ0) is 33.1. The van der Waals surface area contributed by atoms with Gasteiger partial charge in [0, 0.05) is 47.8 Å². The maximum atomic E-state index is 13.9. The molecule has 0 spiro atoms. The van der Waals surface area contributed by atoms with E-state index in [9.17, 15) is 34.8 Å². The summed E-state index contributed by atoms with van der Waals surface area (Å²) in [5.74, 6) is -3.16. The zero-order valence-electron chi connectivity index (χ0n) is 26.3. The van der Waals surface area contributed by atoms with Crippen LogP contribution in [0.4, 0.5) is 5.69 Å². The highest BCUT2D eigenvalue weighted by Gasteiger charge is 2.49. The molecular formula is C36H43ClN2O9. The van der Waals surface area contributed by atoms with E-state index in [2.05, 4.69) is 5.32 Å². The van der Waals surface area contributed by atoms with Gasteiger partial charge in [-0.25, -0.2) is 0 Å². The molecule has 0 bridgehead atoms. The van der Waals surface area contributed by atoms with Crippen LogP contribution in [0.2, 0.25) is 0 Å². The molecule has 48 heavy (non-hydrogen) atoms. The predicted octanol–water partition coefficient (Wildman–Crippen LogP) is 4.16. The molecule has 0 amide bonds. The first-order chi connectivity index (χ1) is 21.8. The molecule has 3 aromatic carbocycles. The highest BCUT2D eigenvalue weighted by atomic mass is 35.5. The zero-order valence-corrected chi connectivity index (χ0v) is 27.1. The number of nitrogens with one attached hydrogen (secondary N) is 1. The summed E-state index contributed by atoms with van der Waals surface area (Å²) in [6.07, 6.45) is -2.16. The second-order valence-electron chi connectivity index (χ2n) is 12.8. The Hall–Kier alpha value is -4.00. The number of hydrogen-bond acceptors (Lipinski definition) is 11. The third-order valence-corrected chi connectivity index (χ3v) is 9.75. The maximum Gasteiger partial charge on any atom is 0.202 e. The van der Waals surface area contributed by atoms with Gasteiger partial charge in [-0.05, 0) is 49.4 Å². The molecule has 11 nitrogen and oxygen atoms in total. The van der Waals surface area contributed by atoms with E-state index in [4.69, 9.17) is 15.2 Å². The van der Waals surface area contributed by atoms with Crippen molar-refractivity contribution in [2.75, 3.05) is 12.8 Å². The van der Waals surface area contributed by atoms with Gasteiger partial charge in [0.05, 0.1) is 42.1 Å². The van der Waals surface area contributed by atoms with Gasteiger partial charge in [-0.3, -0.25) is 14.4 Å². The van der Waals surface area contributed by atoms with Crippen LogP contribution in [0.5, 0.6) is 17.2 Å². The lowest BCUT2D eigenvalue weighted by Crippen LogP contribution is -2.51. The minimum Gasteiger partial charge on any atom is -0.507 e. The van der Waals surface area contributed by atoms with Crippen LogP contribution in [0, 0.1) is 5.92 Å². The number of anilines is 1. The fraction of sp³-hybridized carbons (Fsp3) is 0.417. The number of ketones is 3. The molecule has 0 aliphatic heterocycles. The molecule has 0 radical (unpaired) electrons. The Balaban J connectivity index is 0.00000260. The average molecular weight is 683 g/mol. The molecular weight excluding hydrogens is 640 g/mol. The molecule has 4 unspecified atom stereocenters. The van der Waals surface area contributed by atoms with Crippen molar-refractivity contribution in [2.24, 2.45) is 5.92 Å². The molecule has 0 saturated heterocycles. The van der Waals surface area contributed by atoms with Gasteiger partial charge in [0.2, 0.25) is 5.78 Å². The smallest absolute Gasteiger partial charge is 0.202 e. The van der Waals surface area contributed by atoms with Crippen molar-refractivity contribution < 1.29 is 44.3 Å². The Bertz CT molecular complexity index is 1760. The number of rotatable bonds is 7. The highest BCUT2D eigenvalue weighted by molar-refractivity contribution is 6.31. The van der Waals surface area contributed by atoms with Gasteiger partial charge in [-0.15, -0.1) is 12.4 Å². The fourth-order valence-corrected chi connectivity index (χ4v) is 7.27. The Morgan fingerprint density at radius 3 is 2.40 bits per heavy atom. The van der Waals surface area contributed by atoms with Gasteiger partial charge in [0.15, 0.2) is 11.6 Å². The summed E-state index contributed by atoms with van der Waals surface area (Å²) in [5.41, 5.74) is 4.73. The minimum absolute atomic E-state index is 0. The Morgan fingerprint density at radius 2 is 1.73 bits per heavy atom. The number of methoxy groups -OCH3 is 1. The number of hydrogen-bond donors (Lipinski definition) is 6. The van der Waals surface area contributed by atoms with Crippen molar-refractivity contribution in [3.63, 3.8) is 0 Å². The molecule has 6 atom stereocenters. The van der Waals surface area contributed by atoms with Crippen molar-refractivity contribution >= 4 is 35.4 Å². The highest BCUT2D eigenvalue weighted by Crippen LogP contribution is 2.52. The number of benzene rings is 3. The van der Waals surface area contributed by atoms with Gasteiger partial charge >= 0.3 is 0 Å². The molecule has 258 valence electrons. The number of fused-ring (bicyclic) bond motifs is 3. The normalized spacial score (nSPS) is 25.9. The SMILES string of the molecule is C.COc1cccc2c1C(=O)c1c(O)c3c(c(O)c1C2=O)C[C@@](O)(C(C)=O)C[C@@H]3OC1CC(C)C(O)C(NCc2cccc(N)c2)C1.Cl. The summed E-state index contributed by atoms with van der Waals surface area (Å²) in [4.78, 5) is 40.3. The number of halogens is 1. The summed E-state index contributed by atoms with van der Waals surface area (Å²) in [6.45, 7) is 3.57. The number of nitrogens with two attached hydrogens (primary N) is 1. The van der Waals surface area contributed by atoms with Gasteiger partial charge in [-0.2, -0.15) is 0 Å². The van der Waals surface area contributed by atoms with Crippen LogP contribution in [0.25, 0.3) is 0 Å². The topological polar surface area (TPSA) is 189 Å². The molecule has 3 aliphatic carbocycles. The first-order valence-corrected chi connectivity index (χ1v) is 15.4. The standard InChI is InChI=1S/C35H38N2O9.CH4.ClH/c1-16-10-20(12-23(30(16)39)37-15-18-6-4-7-19(36)11-18)46-25-14-35(44,17(2)38)13-22-27(25)34(43)29-28(32(22)41)31(40)21-8-5-9-24(45-3)26(21)33(29)42;;/h4-9,11,16,20,23,25,30,37,39,41,43-44H,10,12-15,36H2,1-3H3;1H4;1H/t16?,20?,23?,25-,30?,35-;;/m0../s1. The van der Waals surface area contributed by atoms with E-state index in [0.717, 1.165) is 5.56 Å². The summed E-state index contributed by atoms with van der Waals surface area (Å²) in [6, 6.07) is 11.5. The van der Waals surface area contributed by atoms with Crippen molar-refractivity contribution in [2.45, 2.75) is 83.5 Å². The average Bonchev–Trinajstić information content (AvgIpc) is 3.01. The molecule has 1 fully saturated rings. The lowest BCUT2D eigenvalue weighted by Gasteiger charge is -2.43. The Kier molecular flexibility index (Phi) is 10.6. The van der Waals surface area contributed by atoms with Crippen molar-refractivity contribution in [3.05, 3.63) is 81.4 Å². The number of nitrogen functional groups attached to an aromatic ring is 1. The first-order valence-electron chi connectivity index (χ1n) is 15.4. The molecule has 12 heteroatoms. The monoisotopic (exact) mass is 682 g/mol. The van der Waals surface area contributed by atoms with Crippen molar-refractivity contribution in [3.8, 4) is 17.2 Å². The van der Waals surface area contributed by atoms with Crippen LogP contribution in [0.3, 0.4) is 0 Å². The van der Waals surface area contributed by atoms with E-state index in [1.807, 2.05) is 25.1 Å². The number of aromatic hydroxyl groups is 2. The summed E-state index contributed by atoms with van der Waals surface area (Å²) < 4.78 is 11.9. The summed E-state index contributed by atoms with van der Waals surface area (Å²) in [7, 11) is 1.36. The van der Waals surface area contributed by atoms with Crippen LogP contribution < -0.4 is 15.8 Å². The van der Waals surface area contributed by atoms with Crippen LogP contribution in [0.15, 0.2) is 42.5 Å². The molecule has 6 rings (SSSR count). The number of ether oxygens (including phenoxy) is 2. The van der Waals surface area contributed by atoms with Crippen LogP contribution in [0.1, 0.15) is 95.2 Å². The Morgan fingerprint density at radius 1 is 1.04 bits per heavy atom. The van der Waals surface area contributed by atoms with Crippen LogP contribution in [-0.2, 0) is 22.5 Å². The van der Waals surface area contributed by atoms with E-state index in [-0.39, 0.29) is 78.2 Å². The largest absolute Gasteiger partial charge is 0.507 e. The van der Waals surface area contributed by atoms with E-state index in [1.54, 1.807) is 12.1 Å². The van der Waals surface area contributed by atoms with Crippen molar-refractivity contribution in [1.29, 1.82) is 0 Å². The predicted molar refractivity (Wildman–Crippen MR) is 181 cm³/mol. The number of Topliss-reactive ketones (excluding diaryl/α,β-unsaturated/α-hetero) is 1. The lowest BCUT2D eigenvalue weighted by molar-refractivity contribution is -0.147. The molecule has 0 heterocycles. The lowest BCUT2D eigenvalue weighted by atomic mass is 9.72. The molecule has 1 saturated carbocycles. The molecule has 0 aromatic heterocycles. The second kappa shape index (κ2) is 13.9. The number of aliphatic hydroxyl groups excluding tert-OH is 1. The molecule has 3 aromatic rings. The third kappa shape index (κ3) is 6.17. The summed E-state index contributed by atoms with van der Waals surface area (Å²) >= 11 is 0. The van der Waals surface area contributed by atoms with Gasteiger partial charge in [0.1, 0.15) is 22.8 Å². The van der Waals surface area contributed by atoms with Gasteiger partial charge < -0.3 is 41.0 Å². The van der Waals surface area contributed by atoms with E-state index < -0.39 is 58.3 Å². The minimum atomic E-state index is -1.97. The third-order valence-electron chi connectivity index (χ3n) is 9.75. The van der Waals surface area contributed by atoms with E-state index in [1.165, 1.54) is 26.2 Å². The first kappa shape index (κ1) is 36.8. The number of carbonyl (C=O) groups excluding carboxylic acids is 3. The number of phenolic OH excluding ortho intramolecular Hbond substituents is 2. The van der Waals surface area contributed by atoms with Crippen LogP contribution >= 0.6 is 12.4 Å². The summed E-state index contributed by atoms with van der Waals surface area (Å²) in [5, 5.41) is 49.2. The quantitative estimate of drug-likeness (QED) is 0.121. The molecule has 7 N–H and O–H groups in total. The number of carbonyl (C=O) groups is 3. The van der Waals surface area contributed by atoms with Gasteiger partial charge in [-0.1, -0.05) is 38.6 Å². The number of aliphatic hydroxyl groups is 2. The second-order valence-corrected chi connectivity index (χ2v) is 12.8. The fourth-order valence-electron chi connectivity index (χ4n) is 7.27. The van der Waals surface area contributed by atoms with Gasteiger partial charge in [0.25, 0.3) is 0 Å². The van der Waals surface area contributed by atoms with Crippen LogP contribution in [-0.4, -0.2) is 68.7 Å².